The zero-order chi connectivity index (χ0) is 26.3. The molecule has 0 aliphatic carbocycles. The van der Waals surface area contributed by atoms with E-state index in [1.54, 1.807) is 27.9 Å². The Balaban J connectivity index is 0.000000201. The smallest absolute Gasteiger partial charge is 0.408 e. The number of rotatable bonds is 6. The van der Waals surface area contributed by atoms with Crippen LogP contribution in [-0.4, -0.2) is 60.5 Å². The van der Waals surface area contributed by atoms with Gasteiger partial charge >= 0.3 is 12.1 Å². The number of benzene rings is 2. The molecule has 0 radical (unpaired) electrons. The molecule has 1 spiro atoms. The van der Waals surface area contributed by atoms with Crippen molar-refractivity contribution in [3.8, 4) is 5.75 Å². The summed E-state index contributed by atoms with van der Waals surface area (Å²) < 4.78 is 10.1. The van der Waals surface area contributed by atoms with Crippen molar-refractivity contribution in [1.82, 2.24) is 10.6 Å². The van der Waals surface area contributed by atoms with Crippen LogP contribution in [0.2, 0.25) is 0 Å². The van der Waals surface area contributed by atoms with Crippen LogP contribution in [0, 0.1) is 0 Å². The van der Waals surface area contributed by atoms with Gasteiger partial charge in [0.1, 0.15) is 22.9 Å². The van der Waals surface area contributed by atoms with Crippen LogP contribution >= 0.6 is 0 Å². The van der Waals surface area contributed by atoms with E-state index in [1.165, 1.54) is 0 Å². The summed E-state index contributed by atoms with van der Waals surface area (Å²) in [5.74, 6) is -0.0645. The predicted molar refractivity (Wildman–Crippen MR) is 136 cm³/mol. The number of carbonyl (C=O) groups is 3. The molecule has 2 aromatic rings. The Bertz CT molecular complexity index is 1040. The maximum absolute atomic E-state index is 12.2. The summed E-state index contributed by atoms with van der Waals surface area (Å²) in [6.07, 6.45) is 1.56. The number of nitrogens with zero attached hydrogens (tertiary/aromatic N) is 1. The lowest BCUT2D eigenvalue weighted by atomic mass is 9.86. The van der Waals surface area contributed by atoms with Crippen LogP contribution in [-0.2, 0) is 20.7 Å². The normalized spacial score (nSPS) is 19.6. The van der Waals surface area contributed by atoms with Crippen LogP contribution in [0.1, 0.15) is 39.2 Å². The van der Waals surface area contributed by atoms with E-state index in [2.05, 4.69) is 10.6 Å². The molecule has 2 aliphatic rings. The summed E-state index contributed by atoms with van der Waals surface area (Å²) in [5.41, 5.74) is 0.890. The number of hydrogen-bond acceptors (Lipinski definition) is 6. The third-order valence-corrected chi connectivity index (χ3v) is 5.98. The average Bonchev–Trinajstić information content (AvgIpc) is 3.34. The molecule has 2 saturated heterocycles. The van der Waals surface area contributed by atoms with Gasteiger partial charge in [0.2, 0.25) is 5.91 Å². The fraction of sp³-hybridized carbons (Fsp3) is 0.444. The number of hydrogen-bond donors (Lipinski definition) is 3. The number of methoxy groups -OCH3 is 1. The van der Waals surface area contributed by atoms with Gasteiger partial charge in [-0.05, 0) is 70.0 Å². The Kier molecular flexibility index (Phi) is 8.57. The first-order valence-corrected chi connectivity index (χ1v) is 12.0. The highest BCUT2D eigenvalue weighted by molar-refractivity contribution is 6.07. The number of nitrogens with one attached hydrogen (secondary N) is 2. The third-order valence-electron chi connectivity index (χ3n) is 5.98. The first kappa shape index (κ1) is 27.0. The minimum absolute atomic E-state index is 0.208. The highest BCUT2D eigenvalue weighted by Gasteiger charge is 2.53. The van der Waals surface area contributed by atoms with Gasteiger partial charge in [-0.15, -0.1) is 0 Å². The summed E-state index contributed by atoms with van der Waals surface area (Å²) in [6, 6.07) is 15.7. The molecule has 36 heavy (non-hydrogen) atoms. The molecule has 194 valence electrons. The van der Waals surface area contributed by atoms with Gasteiger partial charge in [-0.1, -0.05) is 30.3 Å². The molecule has 1 unspecified atom stereocenters. The number of ether oxygens (including phenoxy) is 2. The minimum atomic E-state index is -1.09. The Labute approximate surface area is 211 Å². The molecule has 9 nitrogen and oxygen atoms in total. The molecular weight excluding hydrogens is 462 g/mol. The van der Waals surface area contributed by atoms with Gasteiger partial charge in [0.05, 0.1) is 13.7 Å². The van der Waals surface area contributed by atoms with Crippen molar-refractivity contribution in [2.45, 2.75) is 57.2 Å². The molecule has 4 rings (SSSR count). The lowest BCUT2D eigenvalue weighted by molar-refractivity contribution is -0.139. The van der Waals surface area contributed by atoms with E-state index in [9.17, 15) is 14.4 Å². The van der Waals surface area contributed by atoms with Gasteiger partial charge in [-0.3, -0.25) is 4.79 Å². The molecule has 0 bridgehead atoms. The zero-order valence-corrected chi connectivity index (χ0v) is 21.2. The number of carboxylic acids is 1. The third kappa shape index (κ3) is 6.97. The molecule has 2 aromatic carbocycles. The monoisotopic (exact) mass is 497 g/mol. The van der Waals surface area contributed by atoms with E-state index >= 15 is 0 Å². The zero-order valence-electron chi connectivity index (χ0n) is 21.2. The highest BCUT2D eigenvalue weighted by Crippen LogP contribution is 2.35. The first-order chi connectivity index (χ1) is 17.0. The quantitative estimate of drug-likeness (QED) is 0.524. The van der Waals surface area contributed by atoms with Crippen molar-refractivity contribution in [1.29, 1.82) is 0 Å². The first-order valence-electron chi connectivity index (χ1n) is 12.0. The largest absolute Gasteiger partial charge is 0.497 e. The molecule has 2 aliphatic heterocycles. The van der Waals surface area contributed by atoms with E-state index in [0.717, 1.165) is 42.9 Å². The summed E-state index contributed by atoms with van der Waals surface area (Å²) in [7, 11) is 1.64. The second-order valence-electron chi connectivity index (χ2n) is 9.93. The summed E-state index contributed by atoms with van der Waals surface area (Å²) in [4.78, 5) is 36.7. The second-order valence-corrected chi connectivity index (χ2v) is 9.93. The second kappa shape index (κ2) is 11.4. The summed E-state index contributed by atoms with van der Waals surface area (Å²) in [6.45, 7) is 6.92. The van der Waals surface area contributed by atoms with Gasteiger partial charge < -0.3 is 30.1 Å². The standard InChI is InChI=1S/C14H19NO4.C13H16N2O2/c1-14(2,3)19-13(18)15-11(12(16)17)9-10-7-5-4-6-8-10;1-17-11-5-3-10(4-6-11)15-9-13(12(15)16)7-2-8-14-13/h4-8,11H,9H2,1-3H3,(H,15,18)(H,16,17);3-6,14H,2,7-9H2,1H3/t;13-/m.1/s1. The van der Waals surface area contributed by atoms with E-state index in [1.807, 2.05) is 59.5 Å². The number of carbonyl (C=O) groups excluding carboxylic acids is 2. The van der Waals surface area contributed by atoms with E-state index < -0.39 is 23.7 Å². The Morgan fingerprint density at radius 3 is 2.31 bits per heavy atom. The molecule has 2 heterocycles. The van der Waals surface area contributed by atoms with Crippen molar-refractivity contribution in [3.05, 3.63) is 60.2 Å². The van der Waals surface area contributed by atoms with Crippen LogP contribution in [0.25, 0.3) is 0 Å². The van der Waals surface area contributed by atoms with Crippen molar-refractivity contribution in [3.63, 3.8) is 0 Å². The average molecular weight is 498 g/mol. The summed E-state index contributed by atoms with van der Waals surface area (Å²) in [5, 5.41) is 14.8. The van der Waals surface area contributed by atoms with Gasteiger partial charge in [-0.25, -0.2) is 9.59 Å². The minimum Gasteiger partial charge on any atom is -0.497 e. The Hall–Kier alpha value is -3.59. The molecule has 2 fully saturated rings. The molecular formula is C27H35N3O6. The molecule has 0 aromatic heterocycles. The lowest BCUT2D eigenvalue weighted by Gasteiger charge is -2.46. The number of anilines is 1. The molecule has 2 atom stereocenters. The van der Waals surface area contributed by atoms with Crippen molar-refractivity contribution in [2.24, 2.45) is 0 Å². The number of aliphatic carboxylic acids is 1. The fourth-order valence-electron chi connectivity index (χ4n) is 4.17. The van der Waals surface area contributed by atoms with Crippen LogP contribution in [0.15, 0.2) is 54.6 Å². The molecule has 0 saturated carbocycles. The van der Waals surface area contributed by atoms with Crippen molar-refractivity contribution in [2.75, 3.05) is 25.1 Å². The van der Waals surface area contributed by atoms with Gasteiger partial charge in [-0.2, -0.15) is 0 Å². The molecule has 2 amide bonds. The maximum atomic E-state index is 12.2. The highest BCUT2D eigenvalue weighted by atomic mass is 16.6. The number of carboxylic acid groups (broad SMARTS) is 1. The van der Waals surface area contributed by atoms with Crippen molar-refractivity contribution < 1.29 is 29.0 Å². The van der Waals surface area contributed by atoms with E-state index in [4.69, 9.17) is 14.6 Å². The number of β-lactam (4-membered cyclic amide) rings is 1. The van der Waals surface area contributed by atoms with Crippen LogP contribution in [0.5, 0.6) is 5.75 Å². The molecule has 3 N–H and O–H groups in total. The van der Waals surface area contributed by atoms with Crippen LogP contribution in [0.3, 0.4) is 0 Å². The van der Waals surface area contributed by atoms with Crippen molar-refractivity contribution >= 4 is 23.7 Å². The number of amides is 2. The summed E-state index contributed by atoms with van der Waals surface area (Å²) >= 11 is 0. The Morgan fingerprint density at radius 1 is 1.14 bits per heavy atom. The van der Waals surface area contributed by atoms with E-state index in [-0.39, 0.29) is 17.9 Å². The van der Waals surface area contributed by atoms with Gasteiger partial charge in [0.25, 0.3) is 0 Å². The van der Waals surface area contributed by atoms with Gasteiger partial charge in [0, 0.05) is 12.1 Å². The van der Waals surface area contributed by atoms with E-state index in [0.29, 0.717) is 0 Å². The fourth-order valence-corrected chi connectivity index (χ4v) is 4.17. The topological polar surface area (TPSA) is 117 Å². The lowest BCUT2D eigenvalue weighted by Crippen LogP contribution is -2.71. The SMILES string of the molecule is CC(C)(C)OC(=O)NC(Cc1ccccc1)C(=O)O.COc1ccc(N2C[C@]3(CCCN3)C2=O)cc1. The number of alkyl carbamates (subject to hydrolysis) is 1. The predicted octanol–water partition coefficient (Wildman–Crippen LogP) is 3.37. The molecule has 9 heteroatoms. The maximum Gasteiger partial charge on any atom is 0.408 e. The van der Waals surface area contributed by atoms with Crippen LogP contribution in [0.4, 0.5) is 10.5 Å². The van der Waals surface area contributed by atoms with Crippen LogP contribution < -0.4 is 20.3 Å². The van der Waals surface area contributed by atoms with Gasteiger partial charge in [0.15, 0.2) is 0 Å². The Morgan fingerprint density at radius 2 is 1.81 bits per heavy atom.